The third kappa shape index (κ3) is 2.28. The number of hydrogen-bond donors (Lipinski definition) is 1. The minimum atomic E-state index is -3.96. The summed E-state index contributed by atoms with van der Waals surface area (Å²) in [5, 5.41) is 16.5. The van der Waals surface area contributed by atoms with Gasteiger partial charge in [-0.05, 0) is 41.7 Å². The van der Waals surface area contributed by atoms with E-state index in [-0.39, 0.29) is 17.0 Å². The topological polar surface area (TPSA) is 114 Å². The molecule has 1 saturated heterocycles. The van der Waals surface area contributed by atoms with Crippen molar-refractivity contribution in [3.8, 4) is 0 Å². The molecule has 1 unspecified atom stereocenters. The zero-order chi connectivity index (χ0) is 15.0. The molecule has 1 aliphatic heterocycles. The Morgan fingerprint density at radius 2 is 2.14 bits per heavy atom. The van der Waals surface area contributed by atoms with Crippen molar-refractivity contribution in [2.45, 2.75) is 30.2 Å². The summed E-state index contributed by atoms with van der Waals surface area (Å²) in [6, 6.07) is 3.45. The van der Waals surface area contributed by atoms with Crippen molar-refractivity contribution in [2.24, 2.45) is 0 Å². The van der Waals surface area contributed by atoms with Gasteiger partial charge in [-0.3, -0.25) is 4.79 Å². The van der Waals surface area contributed by atoms with Crippen LogP contribution in [0.25, 0.3) is 11.0 Å². The predicted octanol–water partition coefficient (Wildman–Crippen LogP) is 0.851. The molecule has 0 radical (unpaired) electrons. The van der Waals surface area contributed by atoms with E-state index in [2.05, 4.69) is 14.9 Å². The van der Waals surface area contributed by atoms with Crippen LogP contribution in [0.5, 0.6) is 0 Å². The number of nitrogens with zero attached hydrogens (tertiary/aromatic N) is 3. The molecule has 0 bridgehead atoms. The van der Waals surface area contributed by atoms with Gasteiger partial charge in [0.2, 0.25) is 10.0 Å². The van der Waals surface area contributed by atoms with E-state index < -0.39 is 22.0 Å². The second kappa shape index (κ2) is 5.08. The fourth-order valence-electron chi connectivity index (χ4n) is 2.56. The van der Waals surface area contributed by atoms with E-state index in [0.29, 0.717) is 24.8 Å². The molecule has 1 N–H and O–H groups in total. The minimum absolute atomic E-state index is 0.0746. The molecule has 3 rings (SSSR count). The summed E-state index contributed by atoms with van der Waals surface area (Å²) >= 11 is 0. The number of aliphatic carboxylic acids is 1. The molecule has 0 aliphatic carbocycles. The van der Waals surface area contributed by atoms with Crippen molar-refractivity contribution < 1.29 is 22.9 Å². The lowest BCUT2D eigenvalue weighted by Gasteiger charge is -2.31. The monoisotopic (exact) mass is 311 g/mol. The van der Waals surface area contributed by atoms with E-state index in [0.717, 1.165) is 4.31 Å². The second-order valence-electron chi connectivity index (χ2n) is 4.85. The van der Waals surface area contributed by atoms with Crippen LogP contribution in [0.1, 0.15) is 19.3 Å². The second-order valence-corrected chi connectivity index (χ2v) is 6.71. The molecule has 1 aromatic carbocycles. The molecule has 2 heterocycles. The van der Waals surface area contributed by atoms with E-state index in [1.807, 2.05) is 0 Å². The molecule has 8 nitrogen and oxygen atoms in total. The Morgan fingerprint density at radius 3 is 2.90 bits per heavy atom. The number of sulfonamides is 1. The fraction of sp³-hybridized carbons (Fsp3) is 0.417. The highest BCUT2D eigenvalue weighted by molar-refractivity contribution is 7.89. The van der Waals surface area contributed by atoms with E-state index in [1.165, 1.54) is 12.1 Å². The molecule has 1 fully saturated rings. The number of hydrogen-bond acceptors (Lipinski definition) is 6. The van der Waals surface area contributed by atoms with Gasteiger partial charge in [-0.15, -0.1) is 0 Å². The third-order valence-electron chi connectivity index (χ3n) is 3.57. The highest BCUT2D eigenvalue weighted by Gasteiger charge is 2.38. The first-order chi connectivity index (χ1) is 10.0. The van der Waals surface area contributed by atoms with Gasteiger partial charge in [0.25, 0.3) is 0 Å². The Labute approximate surface area is 120 Å². The zero-order valence-corrected chi connectivity index (χ0v) is 11.8. The average Bonchev–Trinajstić information content (AvgIpc) is 2.95. The number of rotatable bonds is 3. The summed E-state index contributed by atoms with van der Waals surface area (Å²) < 4.78 is 31.1. The van der Waals surface area contributed by atoms with Crippen LogP contribution in [0.3, 0.4) is 0 Å². The Morgan fingerprint density at radius 1 is 1.33 bits per heavy atom. The molecule has 21 heavy (non-hydrogen) atoms. The number of benzene rings is 1. The summed E-state index contributed by atoms with van der Waals surface area (Å²) in [5.41, 5.74) is 0.437. The molecule has 0 spiro atoms. The van der Waals surface area contributed by atoms with Crippen molar-refractivity contribution in [3.63, 3.8) is 0 Å². The van der Waals surface area contributed by atoms with Gasteiger partial charge in [-0.1, -0.05) is 6.07 Å². The van der Waals surface area contributed by atoms with E-state index >= 15 is 0 Å². The van der Waals surface area contributed by atoms with Gasteiger partial charge in [0.15, 0.2) is 5.52 Å². The molecule has 1 aliphatic rings. The molecule has 1 aromatic heterocycles. The standard InChI is InChI=1S/C12H13N3O5S/c16-12(17)9-5-1-2-7-15(9)21(18,19)10-6-3-4-8-11(10)14-20-13-8/h3-4,6,9H,1-2,5,7H2,(H,16,17). The Balaban J connectivity index is 2.11. The third-order valence-corrected chi connectivity index (χ3v) is 5.51. The Kier molecular flexibility index (Phi) is 3.38. The number of piperidine rings is 1. The van der Waals surface area contributed by atoms with Crippen molar-refractivity contribution in [1.82, 2.24) is 14.6 Å². The summed E-state index contributed by atoms with van der Waals surface area (Å²) in [6.45, 7) is 0.182. The van der Waals surface area contributed by atoms with E-state index in [9.17, 15) is 18.3 Å². The van der Waals surface area contributed by atoms with Crippen molar-refractivity contribution in [1.29, 1.82) is 0 Å². The SMILES string of the molecule is O=C(O)C1CCCCN1S(=O)(=O)c1cccc2nonc12. The molecular formula is C12H13N3O5S. The average molecular weight is 311 g/mol. The minimum Gasteiger partial charge on any atom is -0.480 e. The van der Waals surface area contributed by atoms with Gasteiger partial charge in [-0.2, -0.15) is 4.31 Å². The first-order valence-corrected chi connectivity index (χ1v) is 7.92. The highest BCUT2D eigenvalue weighted by atomic mass is 32.2. The van der Waals surface area contributed by atoms with Gasteiger partial charge in [0.05, 0.1) is 0 Å². The van der Waals surface area contributed by atoms with E-state index in [1.54, 1.807) is 6.07 Å². The molecule has 0 saturated carbocycles. The van der Waals surface area contributed by atoms with Crippen LogP contribution < -0.4 is 0 Å². The Bertz CT molecular complexity index is 785. The number of fused-ring (bicyclic) bond motifs is 1. The molecule has 9 heteroatoms. The number of carboxylic acid groups (broad SMARTS) is 1. The predicted molar refractivity (Wildman–Crippen MR) is 71.0 cm³/mol. The molecule has 112 valence electrons. The summed E-state index contributed by atoms with van der Waals surface area (Å²) in [6.07, 6.45) is 1.64. The van der Waals surface area contributed by atoms with Gasteiger partial charge in [0, 0.05) is 6.54 Å². The number of carboxylic acids is 1. The Hall–Kier alpha value is -2.00. The maximum atomic E-state index is 12.8. The number of aromatic nitrogens is 2. The lowest BCUT2D eigenvalue weighted by molar-refractivity contribution is -0.142. The van der Waals surface area contributed by atoms with Gasteiger partial charge >= 0.3 is 5.97 Å². The van der Waals surface area contributed by atoms with Crippen LogP contribution in [0.2, 0.25) is 0 Å². The van der Waals surface area contributed by atoms with Crippen LogP contribution in [-0.2, 0) is 14.8 Å². The molecule has 1 atom stereocenters. The zero-order valence-electron chi connectivity index (χ0n) is 11.0. The maximum Gasteiger partial charge on any atom is 0.322 e. The van der Waals surface area contributed by atoms with Crippen LogP contribution in [0.15, 0.2) is 27.7 Å². The summed E-state index contributed by atoms with van der Waals surface area (Å²) in [5.74, 6) is -1.14. The largest absolute Gasteiger partial charge is 0.480 e. The van der Waals surface area contributed by atoms with Crippen LogP contribution in [0.4, 0.5) is 0 Å². The smallest absolute Gasteiger partial charge is 0.322 e. The summed E-state index contributed by atoms with van der Waals surface area (Å²) in [7, 11) is -3.96. The molecule has 0 amide bonds. The van der Waals surface area contributed by atoms with Crippen molar-refractivity contribution in [3.05, 3.63) is 18.2 Å². The molecular weight excluding hydrogens is 298 g/mol. The van der Waals surface area contributed by atoms with Crippen LogP contribution in [-0.4, -0.2) is 46.7 Å². The summed E-state index contributed by atoms with van der Waals surface area (Å²) in [4.78, 5) is 11.2. The first-order valence-electron chi connectivity index (χ1n) is 6.48. The maximum absolute atomic E-state index is 12.8. The normalized spacial score (nSPS) is 20.7. The lowest BCUT2D eigenvalue weighted by atomic mass is 10.1. The quantitative estimate of drug-likeness (QED) is 0.893. The van der Waals surface area contributed by atoms with Crippen LogP contribution in [0, 0.1) is 0 Å². The van der Waals surface area contributed by atoms with Gasteiger partial charge in [-0.25, -0.2) is 13.0 Å². The highest BCUT2D eigenvalue weighted by Crippen LogP contribution is 2.28. The number of carbonyl (C=O) groups is 1. The van der Waals surface area contributed by atoms with Crippen molar-refractivity contribution >= 4 is 27.0 Å². The molecule has 2 aromatic rings. The van der Waals surface area contributed by atoms with Gasteiger partial charge in [0.1, 0.15) is 16.5 Å². The first kappa shape index (κ1) is 14.0. The van der Waals surface area contributed by atoms with Gasteiger partial charge < -0.3 is 5.11 Å². The van der Waals surface area contributed by atoms with Crippen molar-refractivity contribution in [2.75, 3.05) is 6.54 Å². The fourth-order valence-corrected chi connectivity index (χ4v) is 4.34. The van der Waals surface area contributed by atoms with Crippen LogP contribution >= 0.6 is 0 Å². The van der Waals surface area contributed by atoms with E-state index in [4.69, 9.17) is 0 Å². The lowest BCUT2D eigenvalue weighted by Crippen LogP contribution is -2.47.